The molecule has 0 aliphatic carbocycles. The van der Waals surface area contributed by atoms with E-state index in [1.807, 2.05) is 24.3 Å². The maximum absolute atomic E-state index is 12.3. The van der Waals surface area contributed by atoms with E-state index in [2.05, 4.69) is 10.4 Å². The number of carbonyl (C=O) groups is 1. The molecule has 0 bridgehead atoms. The number of nitrogens with zero attached hydrogens (tertiary/aromatic N) is 2. The fourth-order valence-electron chi connectivity index (χ4n) is 2.68. The predicted octanol–water partition coefficient (Wildman–Crippen LogP) is 2.67. The molecule has 2 aromatic heterocycles. The number of aryl methyl sites for hydroxylation is 1. The van der Waals surface area contributed by atoms with Crippen LogP contribution in [-0.4, -0.2) is 36.5 Å². The zero-order valence-corrected chi connectivity index (χ0v) is 15.0. The van der Waals surface area contributed by atoms with E-state index in [0.717, 1.165) is 11.3 Å². The number of hydrogen-bond acceptors (Lipinski definition) is 5. The predicted molar refractivity (Wildman–Crippen MR) is 96.5 cm³/mol. The van der Waals surface area contributed by atoms with Gasteiger partial charge in [0.1, 0.15) is 5.69 Å². The summed E-state index contributed by atoms with van der Waals surface area (Å²) < 4.78 is 17.5. The summed E-state index contributed by atoms with van der Waals surface area (Å²) in [5.74, 6) is 1.80. The lowest BCUT2D eigenvalue weighted by Gasteiger charge is -2.09. The molecule has 26 heavy (non-hydrogen) atoms. The number of methoxy groups -OCH3 is 2. The molecule has 0 atom stereocenters. The Morgan fingerprint density at radius 2 is 2.00 bits per heavy atom. The summed E-state index contributed by atoms with van der Waals surface area (Å²) in [5, 5.41) is 7.13. The molecule has 0 fully saturated rings. The molecule has 0 spiro atoms. The van der Waals surface area contributed by atoms with Gasteiger partial charge in [0.25, 0.3) is 5.91 Å². The quantitative estimate of drug-likeness (QED) is 0.705. The van der Waals surface area contributed by atoms with Crippen LogP contribution < -0.4 is 14.8 Å². The maximum atomic E-state index is 12.3. The molecule has 1 aromatic carbocycles. The first-order valence-electron chi connectivity index (χ1n) is 8.19. The number of benzene rings is 1. The van der Waals surface area contributed by atoms with Gasteiger partial charge in [-0.1, -0.05) is 6.07 Å². The van der Waals surface area contributed by atoms with E-state index in [1.165, 1.54) is 0 Å². The average Bonchev–Trinajstić information content (AvgIpc) is 3.30. The molecule has 0 saturated carbocycles. The van der Waals surface area contributed by atoms with Gasteiger partial charge in [-0.15, -0.1) is 0 Å². The third kappa shape index (κ3) is 3.72. The van der Waals surface area contributed by atoms with Crippen LogP contribution in [0.15, 0.2) is 47.1 Å². The second kappa shape index (κ2) is 7.77. The fraction of sp³-hybridized carbons (Fsp3) is 0.263. The van der Waals surface area contributed by atoms with E-state index >= 15 is 0 Å². The van der Waals surface area contributed by atoms with Crippen LogP contribution in [0.1, 0.15) is 16.1 Å². The van der Waals surface area contributed by atoms with Gasteiger partial charge in [0.2, 0.25) is 0 Å². The number of nitrogens with one attached hydrogen (secondary N) is 1. The topological polar surface area (TPSA) is 78.5 Å². The van der Waals surface area contributed by atoms with E-state index in [-0.39, 0.29) is 5.91 Å². The molecule has 0 aliphatic rings. The molecule has 7 heteroatoms. The Hall–Kier alpha value is -3.22. The van der Waals surface area contributed by atoms with Gasteiger partial charge < -0.3 is 19.2 Å². The van der Waals surface area contributed by atoms with E-state index < -0.39 is 0 Å². The first-order valence-corrected chi connectivity index (χ1v) is 8.19. The normalized spacial score (nSPS) is 10.6. The van der Waals surface area contributed by atoms with Gasteiger partial charge >= 0.3 is 0 Å². The average molecular weight is 355 g/mol. The lowest BCUT2D eigenvalue weighted by atomic mass is 10.1. The minimum Gasteiger partial charge on any atom is -0.493 e. The van der Waals surface area contributed by atoms with Gasteiger partial charge in [0.15, 0.2) is 23.0 Å². The molecule has 3 aromatic rings. The Morgan fingerprint density at radius 3 is 2.69 bits per heavy atom. The zero-order chi connectivity index (χ0) is 18.5. The van der Waals surface area contributed by atoms with Crippen LogP contribution >= 0.6 is 0 Å². The highest BCUT2D eigenvalue weighted by Crippen LogP contribution is 2.27. The number of ether oxygens (including phenoxy) is 2. The van der Waals surface area contributed by atoms with Crippen LogP contribution in [0.2, 0.25) is 0 Å². The summed E-state index contributed by atoms with van der Waals surface area (Å²) in [6, 6.07) is 11.0. The van der Waals surface area contributed by atoms with Gasteiger partial charge in [-0.25, -0.2) is 0 Å². The van der Waals surface area contributed by atoms with Crippen molar-refractivity contribution in [2.75, 3.05) is 20.8 Å². The first-order chi connectivity index (χ1) is 12.6. The largest absolute Gasteiger partial charge is 0.493 e. The third-order valence-corrected chi connectivity index (χ3v) is 4.03. The first kappa shape index (κ1) is 17.6. The van der Waals surface area contributed by atoms with E-state index in [1.54, 1.807) is 44.3 Å². The molecule has 1 amide bonds. The highest BCUT2D eigenvalue weighted by molar-refractivity contribution is 5.93. The summed E-state index contributed by atoms with van der Waals surface area (Å²) >= 11 is 0. The minimum atomic E-state index is -0.223. The van der Waals surface area contributed by atoms with Crippen molar-refractivity contribution in [2.24, 2.45) is 7.05 Å². The molecule has 0 aliphatic heterocycles. The minimum absolute atomic E-state index is 0.223. The Labute approximate surface area is 151 Å². The van der Waals surface area contributed by atoms with Crippen LogP contribution in [0.4, 0.5) is 0 Å². The number of hydrogen-bond donors (Lipinski definition) is 1. The Balaban J connectivity index is 1.60. The van der Waals surface area contributed by atoms with Gasteiger partial charge in [0.05, 0.1) is 20.5 Å². The van der Waals surface area contributed by atoms with Crippen molar-refractivity contribution < 1.29 is 18.7 Å². The summed E-state index contributed by atoms with van der Waals surface area (Å²) in [6.45, 7) is 0.487. The Morgan fingerprint density at radius 1 is 1.19 bits per heavy atom. The number of rotatable bonds is 7. The lowest BCUT2D eigenvalue weighted by molar-refractivity contribution is 0.0948. The number of carbonyl (C=O) groups excluding carboxylic acids is 1. The van der Waals surface area contributed by atoms with Gasteiger partial charge in [-0.05, 0) is 36.2 Å². The summed E-state index contributed by atoms with van der Waals surface area (Å²) in [6.07, 6.45) is 2.26. The number of furan rings is 1. The van der Waals surface area contributed by atoms with Crippen LogP contribution in [0.25, 0.3) is 11.5 Å². The molecular formula is C19H21N3O4. The van der Waals surface area contributed by atoms with Crippen molar-refractivity contribution in [1.82, 2.24) is 15.1 Å². The number of aromatic nitrogens is 2. The van der Waals surface area contributed by atoms with E-state index in [4.69, 9.17) is 13.9 Å². The second-order valence-electron chi connectivity index (χ2n) is 5.71. The summed E-state index contributed by atoms with van der Waals surface area (Å²) in [7, 11) is 4.97. The third-order valence-electron chi connectivity index (χ3n) is 4.03. The molecule has 2 heterocycles. The van der Waals surface area contributed by atoms with Crippen LogP contribution in [0, 0.1) is 0 Å². The van der Waals surface area contributed by atoms with Gasteiger partial charge in [-0.2, -0.15) is 5.10 Å². The smallest absolute Gasteiger partial charge is 0.271 e. The molecule has 136 valence electrons. The summed E-state index contributed by atoms with van der Waals surface area (Å²) in [5.41, 5.74) is 2.14. The van der Waals surface area contributed by atoms with Crippen molar-refractivity contribution in [3.63, 3.8) is 0 Å². The van der Waals surface area contributed by atoms with E-state index in [0.29, 0.717) is 35.9 Å². The lowest BCUT2D eigenvalue weighted by Crippen LogP contribution is -2.26. The Kier molecular flexibility index (Phi) is 5.26. The fourth-order valence-corrected chi connectivity index (χ4v) is 2.68. The highest BCUT2D eigenvalue weighted by atomic mass is 16.5. The molecule has 0 unspecified atom stereocenters. The Bertz CT molecular complexity index is 884. The van der Waals surface area contributed by atoms with Crippen LogP contribution in [0.3, 0.4) is 0 Å². The molecule has 3 rings (SSSR count). The SMILES string of the molecule is COc1ccc(CCNC(=O)c2cc(-c3ccco3)n(C)n2)cc1OC. The summed E-state index contributed by atoms with van der Waals surface area (Å²) in [4.78, 5) is 12.3. The molecule has 1 N–H and O–H groups in total. The zero-order valence-electron chi connectivity index (χ0n) is 15.0. The van der Waals surface area contributed by atoms with Crippen molar-refractivity contribution in [3.05, 3.63) is 53.9 Å². The monoisotopic (exact) mass is 355 g/mol. The van der Waals surface area contributed by atoms with Crippen molar-refractivity contribution in [1.29, 1.82) is 0 Å². The molecular weight excluding hydrogens is 334 g/mol. The number of amides is 1. The van der Waals surface area contributed by atoms with Gasteiger partial charge in [-0.3, -0.25) is 9.48 Å². The van der Waals surface area contributed by atoms with Crippen molar-refractivity contribution >= 4 is 5.91 Å². The standard InChI is InChI=1S/C19H21N3O4/c1-22-15(16-5-4-10-26-16)12-14(21-22)19(23)20-9-8-13-6-7-17(24-2)18(11-13)25-3/h4-7,10-12H,8-9H2,1-3H3,(H,20,23). The second-order valence-corrected chi connectivity index (χ2v) is 5.71. The van der Waals surface area contributed by atoms with Gasteiger partial charge in [0, 0.05) is 19.7 Å². The molecule has 7 nitrogen and oxygen atoms in total. The van der Waals surface area contributed by atoms with Crippen molar-refractivity contribution in [2.45, 2.75) is 6.42 Å². The van der Waals surface area contributed by atoms with E-state index in [9.17, 15) is 4.79 Å². The molecule has 0 radical (unpaired) electrons. The van der Waals surface area contributed by atoms with Crippen LogP contribution in [0.5, 0.6) is 11.5 Å². The maximum Gasteiger partial charge on any atom is 0.271 e. The molecule has 0 saturated heterocycles. The highest BCUT2D eigenvalue weighted by Gasteiger charge is 2.15. The van der Waals surface area contributed by atoms with Crippen molar-refractivity contribution in [3.8, 4) is 23.0 Å². The van der Waals surface area contributed by atoms with Crippen LogP contribution in [-0.2, 0) is 13.5 Å².